The Morgan fingerprint density at radius 2 is 1.61 bits per heavy atom. The van der Waals surface area contributed by atoms with Gasteiger partial charge in [-0.05, 0) is 26.0 Å². The minimum atomic E-state index is -0.404. The van der Waals surface area contributed by atoms with E-state index in [-0.39, 0.29) is 12.4 Å². The van der Waals surface area contributed by atoms with E-state index in [1.165, 1.54) is 28.4 Å². The number of aliphatic imine (C=N–C) groups is 1. The fourth-order valence-corrected chi connectivity index (χ4v) is 2.15. The maximum atomic E-state index is 12.1. The van der Waals surface area contributed by atoms with E-state index < -0.39 is 5.91 Å². The second-order valence-electron chi connectivity index (χ2n) is 5.20. The normalized spacial score (nSPS) is 13.1. The van der Waals surface area contributed by atoms with Crippen LogP contribution >= 0.6 is 0 Å². The third-order valence-electron chi connectivity index (χ3n) is 3.38. The molecule has 1 aromatic carbocycles. The second kappa shape index (κ2) is 12.0. The van der Waals surface area contributed by atoms with Gasteiger partial charge in [-0.2, -0.15) is 0 Å². The molecule has 0 aliphatic heterocycles. The number of hydrogen-bond acceptors (Lipinski definition) is 9. The monoisotopic (exact) mass is 391 g/mol. The van der Waals surface area contributed by atoms with Crippen molar-refractivity contribution >= 4 is 28.8 Å². The van der Waals surface area contributed by atoms with Gasteiger partial charge in [0.05, 0.1) is 11.3 Å². The number of rotatable bonds is 10. The highest BCUT2D eigenvalue weighted by atomic mass is 16.6. The van der Waals surface area contributed by atoms with Gasteiger partial charge in [0.2, 0.25) is 0 Å². The van der Waals surface area contributed by atoms with E-state index in [0.29, 0.717) is 28.4 Å². The van der Waals surface area contributed by atoms with Gasteiger partial charge in [0.25, 0.3) is 5.91 Å². The maximum Gasteiger partial charge on any atom is 0.273 e. The lowest BCUT2D eigenvalue weighted by Crippen LogP contribution is -2.29. The number of likely N-dealkylation sites (N-methyl/N-ethyl adjacent to an activating group) is 1. The summed E-state index contributed by atoms with van der Waals surface area (Å²) < 4.78 is 5.73. The van der Waals surface area contributed by atoms with Crippen molar-refractivity contribution in [3.05, 3.63) is 29.8 Å². The number of para-hydroxylation sites is 1. The van der Waals surface area contributed by atoms with Crippen LogP contribution in [-0.4, -0.2) is 63.9 Å². The molecule has 0 bridgehead atoms. The topological polar surface area (TPSA) is 115 Å². The van der Waals surface area contributed by atoms with E-state index in [4.69, 9.17) is 19.2 Å². The summed E-state index contributed by atoms with van der Waals surface area (Å²) in [5.74, 6) is 0.0180. The SMILES string of the molecule is CNC(=O)C(=NOC)c1ccccc1OCN=C(C)C(=NOC)C(C)=NOC. The van der Waals surface area contributed by atoms with Crippen LogP contribution in [0.25, 0.3) is 0 Å². The molecule has 0 saturated carbocycles. The molecule has 0 aliphatic rings. The number of benzene rings is 1. The third kappa shape index (κ3) is 6.38. The van der Waals surface area contributed by atoms with Crippen molar-refractivity contribution in [3.8, 4) is 5.75 Å². The summed E-state index contributed by atoms with van der Waals surface area (Å²) in [5, 5.41) is 14.0. The molecule has 0 spiro atoms. The molecule has 0 unspecified atom stereocenters. The molecule has 1 amide bonds. The van der Waals surface area contributed by atoms with Crippen molar-refractivity contribution < 1.29 is 24.0 Å². The molecular weight excluding hydrogens is 366 g/mol. The first-order valence-corrected chi connectivity index (χ1v) is 8.26. The maximum absolute atomic E-state index is 12.1. The highest BCUT2D eigenvalue weighted by Crippen LogP contribution is 2.19. The molecular formula is C18H25N5O5. The highest BCUT2D eigenvalue weighted by Gasteiger charge is 2.18. The van der Waals surface area contributed by atoms with Crippen LogP contribution < -0.4 is 10.1 Å². The predicted octanol–water partition coefficient (Wildman–Crippen LogP) is 1.60. The molecule has 1 aromatic rings. The first-order valence-electron chi connectivity index (χ1n) is 8.26. The number of hydrogen-bond donors (Lipinski definition) is 1. The van der Waals surface area contributed by atoms with Crippen LogP contribution in [0.4, 0.5) is 0 Å². The van der Waals surface area contributed by atoms with Crippen LogP contribution in [0.15, 0.2) is 44.7 Å². The summed E-state index contributed by atoms with van der Waals surface area (Å²) in [6, 6.07) is 6.94. The second-order valence-corrected chi connectivity index (χ2v) is 5.20. The fourth-order valence-electron chi connectivity index (χ4n) is 2.15. The average Bonchev–Trinajstić information content (AvgIpc) is 2.70. The molecule has 0 aliphatic carbocycles. The average molecular weight is 391 g/mol. The Morgan fingerprint density at radius 1 is 0.964 bits per heavy atom. The Hall–Kier alpha value is -3.43. The van der Waals surface area contributed by atoms with Crippen LogP contribution in [0.2, 0.25) is 0 Å². The van der Waals surface area contributed by atoms with Gasteiger partial charge >= 0.3 is 0 Å². The van der Waals surface area contributed by atoms with E-state index in [0.717, 1.165) is 0 Å². The molecule has 0 radical (unpaired) electrons. The molecule has 0 atom stereocenters. The molecule has 10 nitrogen and oxygen atoms in total. The number of nitrogens with one attached hydrogen (secondary N) is 1. The summed E-state index contributed by atoms with van der Waals surface area (Å²) in [6.07, 6.45) is 0. The zero-order chi connectivity index (χ0) is 20.9. The minimum absolute atomic E-state index is 0.0279. The van der Waals surface area contributed by atoms with Crippen LogP contribution in [0, 0.1) is 0 Å². The van der Waals surface area contributed by atoms with Gasteiger partial charge in [0.1, 0.15) is 38.5 Å². The lowest BCUT2D eigenvalue weighted by molar-refractivity contribution is -0.114. The van der Waals surface area contributed by atoms with Gasteiger partial charge in [-0.1, -0.05) is 27.6 Å². The predicted molar refractivity (Wildman–Crippen MR) is 107 cm³/mol. The molecule has 0 fully saturated rings. The Kier molecular flexibility index (Phi) is 9.73. The number of amides is 1. The standard InChI is InChI=1S/C18H25N5O5/c1-12(16(22-26-5)13(2)21-25-4)20-11-28-15-10-8-7-9-14(15)17(23-27-6)18(24)19-3/h7-10H,11H2,1-6H3,(H,19,24). The van der Waals surface area contributed by atoms with Gasteiger partial charge in [0.15, 0.2) is 12.4 Å². The smallest absolute Gasteiger partial charge is 0.273 e. The molecule has 28 heavy (non-hydrogen) atoms. The molecule has 152 valence electrons. The van der Waals surface area contributed by atoms with E-state index in [1.807, 2.05) is 0 Å². The van der Waals surface area contributed by atoms with Crippen LogP contribution in [0.1, 0.15) is 19.4 Å². The lowest BCUT2D eigenvalue weighted by Gasteiger charge is -2.11. The van der Waals surface area contributed by atoms with Crippen LogP contribution in [0.5, 0.6) is 5.75 Å². The molecule has 0 aromatic heterocycles. The summed E-state index contributed by atoms with van der Waals surface area (Å²) >= 11 is 0. The Labute approximate surface area is 163 Å². The Bertz CT molecular complexity index is 786. The fraction of sp³-hybridized carbons (Fsp3) is 0.389. The number of carbonyl (C=O) groups is 1. The summed E-state index contributed by atoms with van der Waals surface area (Å²) in [6.45, 7) is 3.43. The van der Waals surface area contributed by atoms with Crippen molar-refractivity contribution in [1.82, 2.24) is 5.32 Å². The first kappa shape index (κ1) is 22.6. The van der Waals surface area contributed by atoms with E-state index in [1.54, 1.807) is 38.1 Å². The number of nitrogens with zero attached hydrogens (tertiary/aromatic N) is 4. The van der Waals surface area contributed by atoms with Crippen LogP contribution in [0.3, 0.4) is 0 Å². The van der Waals surface area contributed by atoms with Gasteiger partial charge in [0, 0.05) is 7.05 Å². The van der Waals surface area contributed by atoms with Crippen LogP contribution in [-0.2, 0) is 19.3 Å². The summed E-state index contributed by atoms with van der Waals surface area (Å²) in [5.41, 5.74) is 2.02. The van der Waals surface area contributed by atoms with Gasteiger partial charge in [-0.3, -0.25) is 4.79 Å². The van der Waals surface area contributed by atoms with E-state index in [2.05, 4.69) is 25.8 Å². The number of oxime groups is 3. The zero-order valence-electron chi connectivity index (χ0n) is 16.8. The Morgan fingerprint density at radius 3 is 2.21 bits per heavy atom. The third-order valence-corrected chi connectivity index (χ3v) is 3.38. The first-order chi connectivity index (χ1) is 13.5. The van der Waals surface area contributed by atoms with E-state index in [9.17, 15) is 4.79 Å². The summed E-state index contributed by atoms with van der Waals surface area (Å²) in [7, 11) is 5.73. The minimum Gasteiger partial charge on any atom is -0.471 e. The van der Waals surface area contributed by atoms with Gasteiger partial charge < -0.3 is 24.6 Å². The quantitative estimate of drug-likeness (QED) is 0.480. The largest absolute Gasteiger partial charge is 0.471 e. The van der Waals surface area contributed by atoms with Crippen molar-refractivity contribution in [2.75, 3.05) is 35.1 Å². The molecule has 1 rings (SSSR count). The van der Waals surface area contributed by atoms with Gasteiger partial charge in [-0.15, -0.1) is 0 Å². The summed E-state index contributed by atoms with van der Waals surface area (Å²) in [4.78, 5) is 30.8. The van der Waals surface area contributed by atoms with Crippen molar-refractivity contribution in [3.63, 3.8) is 0 Å². The van der Waals surface area contributed by atoms with E-state index >= 15 is 0 Å². The molecule has 10 heteroatoms. The Balaban J connectivity index is 3.06. The lowest BCUT2D eigenvalue weighted by atomic mass is 10.1. The molecule has 0 saturated heterocycles. The van der Waals surface area contributed by atoms with Crippen molar-refractivity contribution in [2.24, 2.45) is 20.5 Å². The number of ether oxygens (including phenoxy) is 1. The van der Waals surface area contributed by atoms with Crippen molar-refractivity contribution in [1.29, 1.82) is 0 Å². The van der Waals surface area contributed by atoms with Gasteiger partial charge in [-0.25, -0.2) is 4.99 Å². The zero-order valence-corrected chi connectivity index (χ0v) is 16.8. The number of carbonyl (C=O) groups excluding carboxylic acids is 1. The van der Waals surface area contributed by atoms with Crippen molar-refractivity contribution in [2.45, 2.75) is 13.8 Å². The molecule has 0 heterocycles. The molecule has 1 N–H and O–H groups in total. The highest BCUT2D eigenvalue weighted by molar-refractivity contribution is 6.67.